The standard InChI is InChI=1S/C19H25F3O/c1-12-2-7-19(23-11-12)14-5-3-13(4-6-14)15-8-17(21)16(10-20)18(22)9-15/h8-9,12-14,19H,2-7,10-11H2,1H3. The van der Waals surface area contributed by atoms with Gasteiger partial charge in [0.15, 0.2) is 0 Å². The maximum Gasteiger partial charge on any atom is 0.132 e. The van der Waals surface area contributed by atoms with E-state index in [1.54, 1.807) is 0 Å². The van der Waals surface area contributed by atoms with Crippen molar-refractivity contribution in [2.75, 3.05) is 6.61 Å². The number of hydrogen-bond donors (Lipinski definition) is 0. The lowest BCUT2D eigenvalue weighted by molar-refractivity contribution is -0.0524. The van der Waals surface area contributed by atoms with Crippen LogP contribution in [0.3, 0.4) is 0 Å². The SMILES string of the molecule is CC1CCC(C2CCC(c3cc(F)c(CF)c(F)c3)CC2)OC1. The van der Waals surface area contributed by atoms with Crippen LogP contribution in [0, 0.1) is 23.5 Å². The lowest BCUT2D eigenvalue weighted by Crippen LogP contribution is -2.33. The predicted molar refractivity (Wildman–Crippen MR) is 84.0 cm³/mol. The number of rotatable bonds is 3. The molecule has 0 aromatic heterocycles. The van der Waals surface area contributed by atoms with Crippen molar-refractivity contribution < 1.29 is 17.9 Å². The summed E-state index contributed by atoms with van der Waals surface area (Å²) in [7, 11) is 0. The van der Waals surface area contributed by atoms with Crippen molar-refractivity contribution in [2.24, 2.45) is 11.8 Å². The Kier molecular flexibility index (Phi) is 5.30. The van der Waals surface area contributed by atoms with Gasteiger partial charge in [-0.3, -0.25) is 0 Å². The van der Waals surface area contributed by atoms with Gasteiger partial charge in [-0.05, 0) is 74.0 Å². The van der Waals surface area contributed by atoms with Gasteiger partial charge in [0.2, 0.25) is 0 Å². The van der Waals surface area contributed by atoms with Crippen molar-refractivity contribution >= 4 is 0 Å². The van der Waals surface area contributed by atoms with Crippen molar-refractivity contribution in [3.8, 4) is 0 Å². The summed E-state index contributed by atoms with van der Waals surface area (Å²) in [6, 6.07) is 2.64. The van der Waals surface area contributed by atoms with E-state index in [0.29, 0.717) is 23.5 Å². The summed E-state index contributed by atoms with van der Waals surface area (Å²) in [6.45, 7) is 1.98. The third-order valence-corrected chi connectivity index (χ3v) is 5.60. The molecule has 1 aliphatic heterocycles. The molecule has 4 heteroatoms. The van der Waals surface area contributed by atoms with E-state index in [9.17, 15) is 13.2 Å². The van der Waals surface area contributed by atoms with E-state index in [-0.39, 0.29) is 5.92 Å². The molecule has 0 amide bonds. The van der Waals surface area contributed by atoms with Gasteiger partial charge < -0.3 is 4.74 Å². The van der Waals surface area contributed by atoms with Crippen LogP contribution in [0.25, 0.3) is 0 Å². The largest absolute Gasteiger partial charge is 0.378 e. The topological polar surface area (TPSA) is 9.23 Å². The van der Waals surface area contributed by atoms with Crippen LogP contribution < -0.4 is 0 Å². The molecule has 1 aromatic carbocycles. The molecule has 1 nitrogen and oxygen atoms in total. The second-order valence-corrected chi connectivity index (χ2v) is 7.26. The molecule has 23 heavy (non-hydrogen) atoms. The first-order valence-corrected chi connectivity index (χ1v) is 8.73. The highest BCUT2D eigenvalue weighted by Gasteiger charge is 2.31. The van der Waals surface area contributed by atoms with Gasteiger partial charge in [0.1, 0.15) is 18.3 Å². The molecule has 2 aliphatic rings. The molecule has 1 aliphatic carbocycles. The van der Waals surface area contributed by atoms with Gasteiger partial charge >= 0.3 is 0 Å². The summed E-state index contributed by atoms with van der Waals surface area (Å²) in [5.41, 5.74) is 0.223. The lowest BCUT2D eigenvalue weighted by Gasteiger charge is -2.37. The Balaban J connectivity index is 1.61. The lowest BCUT2D eigenvalue weighted by atomic mass is 9.75. The first-order chi connectivity index (χ1) is 11.1. The van der Waals surface area contributed by atoms with Crippen molar-refractivity contribution in [1.29, 1.82) is 0 Å². The predicted octanol–water partition coefficient (Wildman–Crippen LogP) is 5.52. The molecule has 1 aromatic rings. The Morgan fingerprint density at radius 1 is 1.00 bits per heavy atom. The van der Waals surface area contributed by atoms with Crippen molar-refractivity contribution in [3.05, 3.63) is 34.9 Å². The third kappa shape index (κ3) is 3.73. The number of hydrogen-bond acceptors (Lipinski definition) is 1. The number of benzene rings is 1. The summed E-state index contributed by atoms with van der Waals surface area (Å²) in [5.74, 6) is -0.115. The molecule has 2 atom stereocenters. The fourth-order valence-electron chi connectivity index (χ4n) is 4.09. The van der Waals surface area contributed by atoms with Gasteiger partial charge in [-0.1, -0.05) is 6.92 Å². The highest BCUT2D eigenvalue weighted by atomic mass is 19.1. The summed E-state index contributed by atoms with van der Waals surface area (Å²) >= 11 is 0. The molecule has 2 fully saturated rings. The summed E-state index contributed by atoms with van der Waals surface area (Å²) in [5, 5.41) is 0. The first kappa shape index (κ1) is 16.8. The third-order valence-electron chi connectivity index (χ3n) is 5.60. The molecule has 1 saturated carbocycles. The maximum absolute atomic E-state index is 13.8. The minimum absolute atomic E-state index is 0.173. The monoisotopic (exact) mass is 326 g/mol. The normalized spacial score (nSPS) is 32.0. The molecule has 128 valence electrons. The average molecular weight is 326 g/mol. The van der Waals surface area contributed by atoms with E-state index in [4.69, 9.17) is 4.74 Å². The van der Waals surface area contributed by atoms with Crippen molar-refractivity contribution in [3.63, 3.8) is 0 Å². The molecule has 0 radical (unpaired) electrons. The first-order valence-electron chi connectivity index (χ1n) is 8.73. The van der Waals surface area contributed by atoms with Crippen LogP contribution in [-0.2, 0) is 11.4 Å². The van der Waals surface area contributed by atoms with E-state index < -0.39 is 23.9 Å². The maximum atomic E-state index is 13.8. The molecule has 0 spiro atoms. The summed E-state index contributed by atoms with van der Waals surface area (Å²) < 4.78 is 46.1. The van der Waals surface area contributed by atoms with Crippen LogP contribution in [0.2, 0.25) is 0 Å². The molecule has 0 bridgehead atoms. The van der Waals surface area contributed by atoms with E-state index in [0.717, 1.165) is 38.7 Å². The molecule has 2 unspecified atom stereocenters. The zero-order valence-corrected chi connectivity index (χ0v) is 13.7. The molecular weight excluding hydrogens is 301 g/mol. The average Bonchev–Trinajstić information content (AvgIpc) is 2.55. The number of ether oxygens (including phenoxy) is 1. The molecule has 1 heterocycles. The van der Waals surface area contributed by atoms with E-state index in [1.807, 2.05) is 0 Å². The Bertz CT molecular complexity index is 506. The second-order valence-electron chi connectivity index (χ2n) is 7.26. The van der Waals surface area contributed by atoms with Crippen LogP contribution in [0.1, 0.15) is 62.5 Å². The number of alkyl halides is 1. The molecule has 1 saturated heterocycles. The minimum atomic E-state index is -1.10. The fourth-order valence-corrected chi connectivity index (χ4v) is 4.09. The Morgan fingerprint density at radius 2 is 1.65 bits per heavy atom. The van der Waals surface area contributed by atoms with Crippen LogP contribution >= 0.6 is 0 Å². The summed E-state index contributed by atoms with van der Waals surface area (Å²) in [6.07, 6.45) is 6.64. The molecule has 3 rings (SSSR count). The van der Waals surface area contributed by atoms with E-state index in [1.165, 1.54) is 18.6 Å². The van der Waals surface area contributed by atoms with Gasteiger partial charge in [0.05, 0.1) is 11.7 Å². The van der Waals surface area contributed by atoms with E-state index in [2.05, 4.69) is 6.92 Å². The highest BCUT2D eigenvalue weighted by Crippen LogP contribution is 2.40. The minimum Gasteiger partial charge on any atom is -0.378 e. The summed E-state index contributed by atoms with van der Waals surface area (Å²) in [4.78, 5) is 0. The van der Waals surface area contributed by atoms with Gasteiger partial charge in [0.25, 0.3) is 0 Å². The van der Waals surface area contributed by atoms with Crippen LogP contribution in [0.15, 0.2) is 12.1 Å². The van der Waals surface area contributed by atoms with Gasteiger partial charge in [-0.15, -0.1) is 0 Å². The smallest absolute Gasteiger partial charge is 0.132 e. The Morgan fingerprint density at radius 3 is 2.17 bits per heavy atom. The van der Waals surface area contributed by atoms with Crippen LogP contribution in [0.5, 0.6) is 0 Å². The molecule has 0 N–H and O–H groups in total. The van der Waals surface area contributed by atoms with Gasteiger partial charge in [0, 0.05) is 6.61 Å². The van der Waals surface area contributed by atoms with E-state index >= 15 is 0 Å². The molecular formula is C19H25F3O. The van der Waals surface area contributed by atoms with Gasteiger partial charge in [-0.2, -0.15) is 0 Å². The highest BCUT2D eigenvalue weighted by molar-refractivity contribution is 5.28. The fraction of sp³-hybridized carbons (Fsp3) is 0.684. The van der Waals surface area contributed by atoms with Crippen LogP contribution in [0.4, 0.5) is 13.2 Å². The van der Waals surface area contributed by atoms with Crippen molar-refractivity contribution in [1.82, 2.24) is 0 Å². The van der Waals surface area contributed by atoms with Crippen molar-refractivity contribution in [2.45, 2.75) is 64.1 Å². The zero-order valence-electron chi connectivity index (χ0n) is 13.7. The van der Waals surface area contributed by atoms with Crippen LogP contribution in [-0.4, -0.2) is 12.7 Å². The number of halogens is 3. The Labute approximate surface area is 136 Å². The van der Waals surface area contributed by atoms with Gasteiger partial charge in [-0.25, -0.2) is 13.2 Å². The zero-order chi connectivity index (χ0) is 16.4. The second kappa shape index (κ2) is 7.25. The quantitative estimate of drug-likeness (QED) is 0.710. The Hall–Kier alpha value is -1.03.